The molecule has 5 nitrogen and oxygen atoms in total. The molecule has 140 valence electrons. The second-order valence-electron chi connectivity index (χ2n) is 7.10. The van der Waals surface area contributed by atoms with Crippen LogP contribution in [0.15, 0.2) is 59.4 Å². The Hall–Kier alpha value is -2.99. The molecule has 0 spiro atoms. The van der Waals surface area contributed by atoms with Crippen LogP contribution in [0.25, 0.3) is 16.3 Å². The minimum Gasteiger partial charge on any atom is -0.268 e. The topological polar surface area (TPSA) is 52.7 Å². The summed E-state index contributed by atoms with van der Waals surface area (Å²) in [6.07, 6.45) is 3.16. The predicted molar refractivity (Wildman–Crippen MR) is 111 cm³/mol. The summed E-state index contributed by atoms with van der Waals surface area (Å²) < 4.78 is 3.58. The van der Waals surface area contributed by atoms with Crippen molar-refractivity contribution >= 4 is 11.3 Å². The third kappa shape index (κ3) is 2.99. The van der Waals surface area contributed by atoms with Crippen LogP contribution in [-0.2, 0) is 19.4 Å². The Kier molecular flexibility index (Phi) is 4.20. The molecule has 28 heavy (non-hydrogen) atoms. The summed E-state index contributed by atoms with van der Waals surface area (Å²) in [4.78, 5) is 14.8. The maximum atomic E-state index is 12.5. The van der Waals surface area contributed by atoms with Gasteiger partial charge >= 0.3 is 0 Å². The van der Waals surface area contributed by atoms with Gasteiger partial charge < -0.3 is 0 Å². The van der Waals surface area contributed by atoms with Crippen molar-refractivity contribution in [1.29, 1.82) is 0 Å². The summed E-state index contributed by atoms with van der Waals surface area (Å²) >= 11 is 1.69. The predicted octanol–water partition coefficient (Wildman–Crippen LogP) is 4.00. The molecule has 3 heterocycles. The average molecular weight is 388 g/mol. The zero-order valence-corrected chi connectivity index (χ0v) is 16.4. The first-order chi connectivity index (χ1) is 13.7. The lowest BCUT2D eigenvalue weighted by molar-refractivity contribution is 0.618. The highest BCUT2D eigenvalue weighted by Gasteiger charge is 2.23. The van der Waals surface area contributed by atoms with E-state index in [9.17, 15) is 4.79 Å². The molecular formula is C22H20N4OS. The fraction of sp³-hybridized carbons (Fsp3) is 0.227. The number of benzene rings is 1. The van der Waals surface area contributed by atoms with Crippen LogP contribution in [0.4, 0.5) is 0 Å². The first kappa shape index (κ1) is 17.1. The van der Waals surface area contributed by atoms with Crippen molar-refractivity contribution in [2.45, 2.75) is 32.7 Å². The van der Waals surface area contributed by atoms with Crippen molar-refractivity contribution < 1.29 is 0 Å². The molecule has 0 atom stereocenters. The number of thiophene rings is 1. The van der Waals surface area contributed by atoms with Gasteiger partial charge in [-0.05, 0) is 62.1 Å². The van der Waals surface area contributed by atoms with Gasteiger partial charge in [0.2, 0.25) is 0 Å². The molecule has 0 aliphatic heterocycles. The molecule has 6 heteroatoms. The minimum atomic E-state index is -0.0990. The van der Waals surface area contributed by atoms with Crippen molar-refractivity contribution in [3.8, 4) is 16.3 Å². The number of aromatic nitrogens is 4. The van der Waals surface area contributed by atoms with Crippen LogP contribution in [0.2, 0.25) is 0 Å². The Balaban J connectivity index is 1.55. The maximum Gasteiger partial charge on any atom is 0.267 e. The molecule has 0 saturated carbocycles. The molecule has 0 N–H and O–H groups in total. The van der Waals surface area contributed by atoms with Gasteiger partial charge in [-0.15, -0.1) is 11.3 Å². The second-order valence-corrected chi connectivity index (χ2v) is 8.39. The normalized spacial score (nSPS) is 13.0. The summed E-state index contributed by atoms with van der Waals surface area (Å²) in [5, 5.41) is 9.49. The van der Waals surface area contributed by atoms with Crippen LogP contribution in [-0.4, -0.2) is 19.6 Å². The van der Waals surface area contributed by atoms with Crippen molar-refractivity contribution in [3.63, 3.8) is 0 Å². The monoisotopic (exact) mass is 388 g/mol. The molecule has 5 rings (SSSR count). The van der Waals surface area contributed by atoms with Crippen LogP contribution in [0.1, 0.15) is 28.2 Å². The zero-order valence-electron chi connectivity index (χ0n) is 15.6. The smallest absolute Gasteiger partial charge is 0.267 e. The molecule has 0 fully saturated rings. The van der Waals surface area contributed by atoms with E-state index in [1.165, 1.54) is 16.1 Å². The second kappa shape index (κ2) is 6.87. The summed E-state index contributed by atoms with van der Waals surface area (Å²) in [7, 11) is 0. The third-order valence-corrected chi connectivity index (χ3v) is 6.20. The molecule has 1 aliphatic carbocycles. The van der Waals surface area contributed by atoms with Crippen LogP contribution < -0.4 is 5.56 Å². The van der Waals surface area contributed by atoms with Crippen LogP contribution in [0.3, 0.4) is 0 Å². The summed E-state index contributed by atoms with van der Waals surface area (Å²) in [5.41, 5.74) is 5.28. The van der Waals surface area contributed by atoms with Crippen molar-refractivity contribution in [2.75, 3.05) is 0 Å². The van der Waals surface area contributed by atoms with Crippen molar-refractivity contribution in [1.82, 2.24) is 19.6 Å². The molecule has 0 bridgehead atoms. The van der Waals surface area contributed by atoms with Gasteiger partial charge in [-0.2, -0.15) is 10.2 Å². The molecular weight excluding hydrogens is 368 g/mol. The molecule has 4 aromatic rings. The minimum absolute atomic E-state index is 0.0990. The van der Waals surface area contributed by atoms with Gasteiger partial charge in [0.15, 0.2) is 0 Å². The number of para-hydroxylation sites is 1. The number of nitrogens with zero attached hydrogens (tertiary/aromatic N) is 4. The fourth-order valence-electron chi connectivity index (χ4n) is 3.83. The quantitative estimate of drug-likeness (QED) is 0.531. The maximum absolute atomic E-state index is 12.5. The lowest BCUT2D eigenvalue weighted by atomic mass is 10.2. The summed E-state index contributed by atoms with van der Waals surface area (Å²) in [6, 6.07) is 17.7. The largest absolute Gasteiger partial charge is 0.268 e. The van der Waals surface area contributed by atoms with Gasteiger partial charge in [-0.25, -0.2) is 9.36 Å². The van der Waals surface area contributed by atoms with Gasteiger partial charge in [-0.3, -0.25) is 4.79 Å². The van der Waals surface area contributed by atoms with E-state index >= 15 is 0 Å². The van der Waals surface area contributed by atoms with E-state index in [0.29, 0.717) is 6.54 Å². The molecule has 1 aromatic carbocycles. The highest BCUT2D eigenvalue weighted by atomic mass is 32.1. The van der Waals surface area contributed by atoms with Gasteiger partial charge in [0.1, 0.15) is 5.69 Å². The van der Waals surface area contributed by atoms with E-state index < -0.39 is 0 Å². The Morgan fingerprint density at radius 1 is 1.00 bits per heavy atom. The highest BCUT2D eigenvalue weighted by Crippen LogP contribution is 2.28. The molecule has 0 unspecified atom stereocenters. The zero-order chi connectivity index (χ0) is 19.1. The van der Waals surface area contributed by atoms with E-state index in [4.69, 9.17) is 5.10 Å². The lowest BCUT2D eigenvalue weighted by Gasteiger charge is -2.06. The highest BCUT2D eigenvalue weighted by molar-refractivity contribution is 7.15. The van der Waals surface area contributed by atoms with Crippen LogP contribution >= 0.6 is 11.3 Å². The van der Waals surface area contributed by atoms with Crippen molar-refractivity contribution in [2.24, 2.45) is 0 Å². The van der Waals surface area contributed by atoms with E-state index in [1.54, 1.807) is 28.2 Å². The van der Waals surface area contributed by atoms with Gasteiger partial charge in [0.05, 0.1) is 22.8 Å². The Morgan fingerprint density at radius 3 is 2.64 bits per heavy atom. The summed E-state index contributed by atoms with van der Waals surface area (Å²) in [5.74, 6) is 0. The number of rotatable bonds is 4. The molecule has 0 amide bonds. The van der Waals surface area contributed by atoms with Crippen LogP contribution in [0.5, 0.6) is 0 Å². The number of hydrogen-bond donors (Lipinski definition) is 0. The standard InChI is InChI=1S/C22H20N4OS/c1-15-10-12-21(28-15)18-11-13-22(27)25(23-18)14-19-17-8-5-9-20(17)26(24-19)16-6-3-2-4-7-16/h2-4,6-7,10-13H,5,8-9,14H2,1H3. The summed E-state index contributed by atoms with van der Waals surface area (Å²) in [6.45, 7) is 2.48. The first-order valence-corrected chi connectivity index (χ1v) is 10.3. The van der Waals surface area contributed by atoms with E-state index in [-0.39, 0.29) is 5.56 Å². The Morgan fingerprint density at radius 2 is 1.86 bits per heavy atom. The fourth-order valence-corrected chi connectivity index (χ4v) is 4.66. The first-order valence-electron chi connectivity index (χ1n) is 9.49. The van der Waals surface area contributed by atoms with E-state index in [2.05, 4.69) is 36.3 Å². The number of fused-ring (bicyclic) bond motifs is 1. The number of aryl methyl sites for hydroxylation is 1. The van der Waals surface area contributed by atoms with E-state index in [1.807, 2.05) is 22.9 Å². The third-order valence-electron chi connectivity index (χ3n) is 5.17. The van der Waals surface area contributed by atoms with Crippen LogP contribution in [0, 0.1) is 6.92 Å². The molecule has 3 aromatic heterocycles. The van der Waals surface area contributed by atoms with E-state index in [0.717, 1.165) is 41.2 Å². The Labute approximate surface area is 166 Å². The van der Waals surface area contributed by atoms with Gasteiger partial charge in [0, 0.05) is 16.6 Å². The molecule has 1 aliphatic rings. The Bertz CT molecular complexity index is 1200. The average Bonchev–Trinajstić information content (AvgIpc) is 3.42. The van der Waals surface area contributed by atoms with Gasteiger partial charge in [0.25, 0.3) is 5.56 Å². The van der Waals surface area contributed by atoms with Gasteiger partial charge in [-0.1, -0.05) is 18.2 Å². The van der Waals surface area contributed by atoms with Crippen molar-refractivity contribution in [3.05, 3.63) is 86.8 Å². The molecule has 0 radical (unpaired) electrons. The SMILES string of the molecule is Cc1ccc(-c2ccc(=O)n(Cc3nn(-c4ccccc4)c4c3CCC4)n2)s1. The molecule has 0 saturated heterocycles. The number of hydrogen-bond acceptors (Lipinski definition) is 4. The lowest BCUT2D eigenvalue weighted by Crippen LogP contribution is -2.23.